The number of hydrogen-bond acceptors (Lipinski definition) is 4. The average molecular weight is 171 g/mol. The molecular formula is C4H13NO4S. The first-order valence-electron chi connectivity index (χ1n) is 2.57. The fraction of sp³-hybridized carbons (Fsp3) is 1.00. The van der Waals surface area contributed by atoms with Gasteiger partial charge in [0.15, 0.2) is 0 Å². The van der Waals surface area contributed by atoms with Crippen LogP contribution in [0.1, 0.15) is 0 Å². The maximum absolute atomic E-state index is 9.22. The summed E-state index contributed by atoms with van der Waals surface area (Å²) in [5.41, 5.74) is 0. The van der Waals surface area contributed by atoms with Gasteiger partial charge in [-0.15, -0.1) is 0 Å². The van der Waals surface area contributed by atoms with Crippen molar-refractivity contribution in [3.63, 3.8) is 0 Å². The minimum atomic E-state index is -4.41. The summed E-state index contributed by atoms with van der Waals surface area (Å²) in [4.78, 5) is 1.42. The van der Waals surface area contributed by atoms with E-state index >= 15 is 0 Å². The van der Waals surface area contributed by atoms with Gasteiger partial charge in [-0.1, -0.05) is 0 Å². The summed E-state index contributed by atoms with van der Waals surface area (Å²) in [6, 6.07) is 0. The van der Waals surface area contributed by atoms with E-state index in [1.54, 1.807) is 0 Å². The Bertz CT molecular complexity index is 148. The van der Waals surface area contributed by atoms with E-state index in [0.29, 0.717) is 0 Å². The van der Waals surface area contributed by atoms with Crippen LogP contribution in [0.25, 0.3) is 0 Å². The molecular weight excluding hydrogens is 158 g/mol. The van der Waals surface area contributed by atoms with Crippen LogP contribution < -0.4 is 4.90 Å². The van der Waals surface area contributed by atoms with Crippen molar-refractivity contribution in [1.82, 2.24) is 0 Å². The van der Waals surface area contributed by atoms with Gasteiger partial charge in [0.05, 0.1) is 28.3 Å². The zero-order valence-corrected chi connectivity index (χ0v) is 7.36. The van der Waals surface area contributed by atoms with Gasteiger partial charge in [-0.2, -0.15) is 0 Å². The molecule has 0 saturated carbocycles. The third-order valence-corrected chi connectivity index (χ3v) is 0.612. The van der Waals surface area contributed by atoms with Crippen molar-refractivity contribution in [3.05, 3.63) is 0 Å². The maximum atomic E-state index is 9.22. The molecule has 0 aromatic heterocycles. The van der Waals surface area contributed by atoms with E-state index in [-0.39, 0.29) is 0 Å². The van der Waals surface area contributed by atoms with Gasteiger partial charge in [0, 0.05) is 0 Å². The standard InChI is InChI=1S/C3H9N.CH4O4S/c1-4(2)3;1-5-6(2,3)4/h1-3H3;1H3,(H,2,3,4). The molecule has 0 radical (unpaired) electrons. The van der Waals surface area contributed by atoms with E-state index in [0.717, 1.165) is 7.11 Å². The highest BCUT2D eigenvalue weighted by atomic mass is 32.3. The van der Waals surface area contributed by atoms with Crippen LogP contribution in [-0.4, -0.2) is 41.2 Å². The Morgan fingerprint density at radius 3 is 1.40 bits per heavy atom. The third kappa shape index (κ3) is 45.6. The zero-order valence-electron chi connectivity index (χ0n) is 6.54. The fourth-order valence-corrected chi connectivity index (χ4v) is 0. The summed E-state index contributed by atoms with van der Waals surface area (Å²) in [7, 11) is 2.65. The topological polar surface area (TPSA) is 70.9 Å². The van der Waals surface area contributed by atoms with E-state index in [2.05, 4.69) is 25.3 Å². The van der Waals surface area contributed by atoms with Crippen LogP contribution in [0.3, 0.4) is 0 Å². The molecule has 0 fully saturated rings. The summed E-state index contributed by atoms with van der Waals surface area (Å²) >= 11 is 0. The molecule has 0 aromatic rings. The highest BCUT2D eigenvalue weighted by molar-refractivity contribution is 7.80. The second-order valence-electron chi connectivity index (χ2n) is 2.07. The Balaban J connectivity index is 0. The van der Waals surface area contributed by atoms with Crippen molar-refractivity contribution in [2.24, 2.45) is 0 Å². The molecule has 0 saturated heterocycles. The highest BCUT2D eigenvalue weighted by Gasteiger charge is 1.79. The van der Waals surface area contributed by atoms with E-state index in [1.807, 2.05) is 0 Å². The highest BCUT2D eigenvalue weighted by Crippen LogP contribution is 1.74. The molecule has 10 heavy (non-hydrogen) atoms. The summed E-state index contributed by atoms with van der Waals surface area (Å²) in [5, 5.41) is 0. The number of rotatable bonds is 1. The van der Waals surface area contributed by atoms with E-state index in [9.17, 15) is 13.0 Å². The van der Waals surface area contributed by atoms with Gasteiger partial charge in [-0.3, -0.25) is 4.18 Å². The monoisotopic (exact) mass is 171 g/mol. The number of nitrogens with one attached hydrogen (secondary N) is 1. The summed E-state index contributed by atoms with van der Waals surface area (Å²) in [6.45, 7) is 0. The first-order valence-corrected chi connectivity index (χ1v) is 3.91. The van der Waals surface area contributed by atoms with Crippen LogP contribution in [0.5, 0.6) is 0 Å². The molecule has 0 heterocycles. The molecule has 0 amide bonds. The first kappa shape index (κ1) is 12.5. The minimum absolute atomic E-state index is 0.808. The van der Waals surface area contributed by atoms with Crippen molar-refractivity contribution in [2.45, 2.75) is 0 Å². The van der Waals surface area contributed by atoms with Crippen LogP contribution in [0.2, 0.25) is 0 Å². The Labute approximate surface area is 61.6 Å². The first-order chi connectivity index (χ1) is 4.29. The number of hydrogen-bond donors (Lipinski definition) is 1. The lowest BCUT2D eigenvalue weighted by Gasteiger charge is -1.98. The summed E-state index contributed by atoms with van der Waals surface area (Å²) in [5.74, 6) is 0. The lowest BCUT2D eigenvalue weighted by molar-refractivity contribution is -0.836. The van der Waals surface area contributed by atoms with Crippen molar-refractivity contribution in [1.29, 1.82) is 0 Å². The molecule has 0 spiro atoms. The summed E-state index contributed by atoms with van der Waals surface area (Å²) < 4.78 is 31.0. The van der Waals surface area contributed by atoms with Crippen LogP contribution in [-0.2, 0) is 14.6 Å². The van der Waals surface area contributed by atoms with Crippen LogP contribution in [0.4, 0.5) is 0 Å². The van der Waals surface area contributed by atoms with Crippen molar-refractivity contribution < 1.29 is 22.1 Å². The largest absolute Gasteiger partial charge is 0.726 e. The van der Waals surface area contributed by atoms with Gasteiger partial charge < -0.3 is 9.45 Å². The molecule has 6 heteroatoms. The quantitative estimate of drug-likeness (QED) is 0.361. The molecule has 1 N–H and O–H groups in total. The average Bonchev–Trinajstić information content (AvgIpc) is 1.63. The molecule has 0 rings (SSSR count). The third-order valence-electron chi connectivity index (χ3n) is 0.204. The van der Waals surface area contributed by atoms with Gasteiger partial charge in [0.25, 0.3) is 0 Å². The van der Waals surface area contributed by atoms with Crippen LogP contribution >= 0.6 is 0 Å². The smallest absolute Gasteiger partial charge is 0.217 e. The number of quaternary nitrogens is 1. The second kappa shape index (κ2) is 5.60. The van der Waals surface area contributed by atoms with Crippen molar-refractivity contribution >= 4 is 10.4 Å². The maximum Gasteiger partial charge on any atom is 0.217 e. The second-order valence-corrected chi connectivity index (χ2v) is 3.22. The van der Waals surface area contributed by atoms with Crippen LogP contribution in [0, 0.1) is 0 Å². The van der Waals surface area contributed by atoms with E-state index < -0.39 is 10.4 Å². The van der Waals surface area contributed by atoms with E-state index in [1.165, 1.54) is 4.90 Å². The lowest BCUT2D eigenvalue weighted by Crippen LogP contribution is -3.02. The Hall–Kier alpha value is -0.170. The minimum Gasteiger partial charge on any atom is -0.726 e. The normalized spacial score (nSPS) is 10.6. The molecule has 0 aliphatic carbocycles. The molecule has 64 valence electrons. The molecule has 0 atom stereocenters. The van der Waals surface area contributed by atoms with Crippen molar-refractivity contribution in [2.75, 3.05) is 28.3 Å². The Kier molecular flexibility index (Phi) is 7.00. The molecule has 0 aromatic carbocycles. The Morgan fingerprint density at radius 2 is 1.40 bits per heavy atom. The zero-order chi connectivity index (χ0) is 8.78. The molecule has 0 bridgehead atoms. The molecule has 0 aliphatic heterocycles. The molecule has 5 nitrogen and oxygen atoms in total. The SMILES string of the molecule is COS(=O)(=O)[O-].C[NH+](C)C. The lowest BCUT2D eigenvalue weighted by atomic mass is 11.0. The van der Waals surface area contributed by atoms with Crippen molar-refractivity contribution in [3.8, 4) is 0 Å². The van der Waals surface area contributed by atoms with E-state index in [4.69, 9.17) is 0 Å². The van der Waals surface area contributed by atoms with Gasteiger partial charge in [0.2, 0.25) is 10.4 Å². The summed E-state index contributed by atoms with van der Waals surface area (Å²) in [6.07, 6.45) is 0. The molecule has 0 aliphatic rings. The fourth-order valence-electron chi connectivity index (χ4n) is 0. The van der Waals surface area contributed by atoms with Crippen LogP contribution in [0.15, 0.2) is 0 Å². The van der Waals surface area contributed by atoms with Gasteiger partial charge in [0.1, 0.15) is 0 Å². The predicted molar refractivity (Wildman–Crippen MR) is 35.4 cm³/mol. The van der Waals surface area contributed by atoms with Gasteiger partial charge in [-0.05, 0) is 0 Å². The predicted octanol–water partition coefficient (Wildman–Crippen LogP) is -2.15. The molecule has 0 unspecified atom stereocenters. The van der Waals surface area contributed by atoms with Gasteiger partial charge >= 0.3 is 0 Å². The Morgan fingerprint density at radius 1 is 1.30 bits per heavy atom. The van der Waals surface area contributed by atoms with Gasteiger partial charge in [-0.25, -0.2) is 8.42 Å².